The average molecular weight is 281 g/mol. The van der Waals surface area contributed by atoms with E-state index in [9.17, 15) is 0 Å². The van der Waals surface area contributed by atoms with E-state index in [1.807, 2.05) is 12.4 Å². The maximum absolute atomic E-state index is 4.30. The van der Waals surface area contributed by atoms with Crippen LogP contribution in [0, 0.1) is 6.92 Å². The van der Waals surface area contributed by atoms with Crippen molar-refractivity contribution in [3.05, 3.63) is 48.3 Å². The Morgan fingerprint density at radius 2 is 2.00 bits per heavy atom. The zero-order valence-electron chi connectivity index (χ0n) is 13.1. The first-order chi connectivity index (χ1) is 10.1. The molecular weight excluding hydrogens is 258 g/mol. The maximum atomic E-state index is 4.30. The van der Waals surface area contributed by atoms with E-state index in [2.05, 4.69) is 66.1 Å². The van der Waals surface area contributed by atoms with Gasteiger partial charge in [-0.1, -0.05) is 12.1 Å². The first-order valence-corrected chi connectivity index (χ1v) is 7.57. The number of hydrogen-bond donors (Lipinski definition) is 0. The molecule has 21 heavy (non-hydrogen) atoms. The monoisotopic (exact) mass is 281 g/mol. The molecule has 1 aromatic carbocycles. The summed E-state index contributed by atoms with van der Waals surface area (Å²) in [6.07, 6.45) is 5.08. The van der Waals surface area contributed by atoms with Crippen LogP contribution in [0.15, 0.2) is 42.7 Å². The fourth-order valence-electron chi connectivity index (χ4n) is 2.99. The summed E-state index contributed by atoms with van der Waals surface area (Å²) >= 11 is 0. The van der Waals surface area contributed by atoms with Gasteiger partial charge in [0, 0.05) is 42.8 Å². The van der Waals surface area contributed by atoms with E-state index in [4.69, 9.17) is 0 Å². The minimum Gasteiger partial charge on any atom is -0.370 e. The van der Waals surface area contributed by atoms with E-state index in [0.717, 1.165) is 13.1 Å². The summed E-state index contributed by atoms with van der Waals surface area (Å²) in [6.45, 7) is 4.34. The molecule has 0 amide bonds. The van der Waals surface area contributed by atoms with Crippen LogP contribution in [0.5, 0.6) is 0 Å². The molecule has 3 nitrogen and oxygen atoms in total. The third-order valence-corrected chi connectivity index (χ3v) is 4.31. The predicted octanol–water partition coefficient (Wildman–Crippen LogP) is 3.20. The summed E-state index contributed by atoms with van der Waals surface area (Å²) in [5, 5.41) is 0. The van der Waals surface area contributed by atoms with Crippen molar-refractivity contribution in [3.63, 3.8) is 0 Å². The molecule has 0 aliphatic carbocycles. The van der Waals surface area contributed by atoms with Gasteiger partial charge in [-0.25, -0.2) is 0 Å². The minimum absolute atomic E-state index is 0.661. The quantitative estimate of drug-likeness (QED) is 0.861. The Balaban J connectivity index is 1.84. The largest absolute Gasteiger partial charge is 0.370 e. The molecule has 1 aliphatic heterocycles. The van der Waals surface area contributed by atoms with Crippen molar-refractivity contribution in [2.24, 2.45) is 0 Å². The number of pyridine rings is 1. The van der Waals surface area contributed by atoms with Gasteiger partial charge in [-0.2, -0.15) is 0 Å². The van der Waals surface area contributed by atoms with Gasteiger partial charge in [-0.05, 0) is 56.8 Å². The lowest BCUT2D eigenvalue weighted by Crippen LogP contribution is -2.31. The smallest absolute Gasteiger partial charge is 0.0372 e. The van der Waals surface area contributed by atoms with Crippen LogP contribution in [0.1, 0.15) is 12.0 Å². The third-order valence-electron chi connectivity index (χ3n) is 4.31. The predicted molar refractivity (Wildman–Crippen MR) is 88.7 cm³/mol. The summed E-state index contributed by atoms with van der Waals surface area (Å²) in [5.41, 5.74) is 4.96. The standard InChI is InChI=1S/C18H23N3/c1-14-9-16(12-19-11-14)15-5-4-6-17(10-15)21-8-7-18(13-21)20(2)3/h4-6,9-12,18H,7-8,13H2,1-3H3. The number of nitrogens with zero attached hydrogens (tertiary/aromatic N) is 3. The van der Waals surface area contributed by atoms with Crippen LogP contribution in [-0.2, 0) is 0 Å². The zero-order valence-corrected chi connectivity index (χ0v) is 13.1. The molecule has 2 aromatic rings. The number of likely N-dealkylation sites (N-methyl/N-ethyl adjacent to an activating group) is 1. The second-order valence-corrected chi connectivity index (χ2v) is 6.15. The minimum atomic E-state index is 0.661. The highest BCUT2D eigenvalue weighted by Gasteiger charge is 2.24. The second-order valence-electron chi connectivity index (χ2n) is 6.15. The summed E-state index contributed by atoms with van der Waals surface area (Å²) in [7, 11) is 4.34. The van der Waals surface area contributed by atoms with Crippen LogP contribution < -0.4 is 4.90 Å². The van der Waals surface area contributed by atoms with Gasteiger partial charge in [-0.3, -0.25) is 4.98 Å². The van der Waals surface area contributed by atoms with Gasteiger partial charge in [0.2, 0.25) is 0 Å². The van der Waals surface area contributed by atoms with Crippen molar-refractivity contribution in [3.8, 4) is 11.1 Å². The lowest BCUT2D eigenvalue weighted by molar-refractivity contribution is 0.315. The van der Waals surface area contributed by atoms with Crippen molar-refractivity contribution in [2.45, 2.75) is 19.4 Å². The van der Waals surface area contributed by atoms with Gasteiger partial charge in [-0.15, -0.1) is 0 Å². The summed E-state index contributed by atoms with van der Waals surface area (Å²) in [4.78, 5) is 9.11. The Hall–Kier alpha value is -1.87. The first kappa shape index (κ1) is 14.1. The first-order valence-electron chi connectivity index (χ1n) is 7.57. The zero-order chi connectivity index (χ0) is 14.8. The van der Waals surface area contributed by atoms with E-state index in [1.54, 1.807) is 0 Å². The molecule has 1 fully saturated rings. The average Bonchev–Trinajstić information content (AvgIpc) is 2.97. The van der Waals surface area contributed by atoms with E-state index < -0.39 is 0 Å². The van der Waals surface area contributed by atoms with Gasteiger partial charge in [0.25, 0.3) is 0 Å². The molecule has 2 heterocycles. The van der Waals surface area contributed by atoms with Crippen molar-refractivity contribution in [1.82, 2.24) is 9.88 Å². The fourth-order valence-corrected chi connectivity index (χ4v) is 2.99. The molecule has 1 aromatic heterocycles. The van der Waals surface area contributed by atoms with E-state index >= 15 is 0 Å². The molecule has 0 N–H and O–H groups in total. The van der Waals surface area contributed by atoms with Gasteiger partial charge >= 0.3 is 0 Å². The highest BCUT2D eigenvalue weighted by molar-refractivity contribution is 5.68. The van der Waals surface area contributed by atoms with Crippen molar-refractivity contribution in [2.75, 3.05) is 32.1 Å². The summed E-state index contributed by atoms with van der Waals surface area (Å²) in [5.74, 6) is 0. The van der Waals surface area contributed by atoms with Gasteiger partial charge in [0.1, 0.15) is 0 Å². The Kier molecular flexibility index (Phi) is 3.93. The topological polar surface area (TPSA) is 19.4 Å². The Labute approximate surface area is 127 Å². The lowest BCUT2D eigenvalue weighted by atomic mass is 10.1. The number of hydrogen-bond acceptors (Lipinski definition) is 3. The van der Waals surface area contributed by atoms with Crippen LogP contribution in [0.3, 0.4) is 0 Å². The Morgan fingerprint density at radius 3 is 2.71 bits per heavy atom. The lowest BCUT2D eigenvalue weighted by Gasteiger charge is -2.22. The third kappa shape index (κ3) is 3.08. The van der Waals surface area contributed by atoms with Crippen LogP contribution in [0.4, 0.5) is 5.69 Å². The van der Waals surface area contributed by atoms with Crippen molar-refractivity contribution >= 4 is 5.69 Å². The normalized spacial score (nSPS) is 18.5. The van der Waals surface area contributed by atoms with Crippen LogP contribution in [0.2, 0.25) is 0 Å². The molecule has 3 rings (SSSR count). The molecule has 1 aliphatic rings. The van der Waals surface area contributed by atoms with Gasteiger partial charge in [0.05, 0.1) is 0 Å². The van der Waals surface area contributed by atoms with E-state index in [1.165, 1.54) is 28.8 Å². The number of benzene rings is 1. The molecule has 0 saturated carbocycles. The highest BCUT2D eigenvalue weighted by Crippen LogP contribution is 2.27. The molecule has 1 unspecified atom stereocenters. The molecule has 0 bridgehead atoms. The van der Waals surface area contributed by atoms with Crippen LogP contribution in [0.25, 0.3) is 11.1 Å². The molecule has 1 saturated heterocycles. The Morgan fingerprint density at radius 1 is 1.14 bits per heavy atom. The SMILES string of the molecule is Cc1cncc(-c2cccc(N3CCC(N(C)C)C3)c2)c1. The maximum Gasteiger partial charge on any atom is 0.0372 e. The van der Waals surface area contributed by atoms with Gasteiger partial charge < -0.3 is 9.80 Å². The second kappa shape index (κ2) is 5.86. The molecule has 0 radical (unpaired) electrons. The molecule has 110 valence electrons. The number of anilines is 1. The summed E-state index contributed by atoms with van der Waals surface area (Å²) < 4.78 is 0. The highest BCUT2D eigenvalue weighted by atomic mass is 15.2. The number of aromatic nitrogens is 1. The molecule has 3 heteroatoms. The number of aryl methyl sites for hydroxylation is 1. The Bertz CT molecular complexity index is 621. The number of rotatable bonds is 3. The van der Waals surface area contributed by atoms with Crippen molar-refractivity contribution in [1.29, 1.82) is 0 Å². The van der Waals surface area contributed by atoms with Crippen molar-refractivity contribution < 1.29 is 0 Å². The van der Waals surface area contributed by atoms with E-state index in [0.29, 0.717) is 6.04 Å². The molecule has 1 atom stereocenters. The van der Waals surface area contributed by atoms with Gasteiger partial charge in [0.15, 0.2) is 0 Å². The fraction of sp³-hybridized carbons (Fsp3) is 0.389. The van der Waals surface area contributed by atoms with Crippen LogP contribution >= 0.6 is 0 Å². The van der Waals surface area contributed by atoms with Crippen LogP contribution in [-0.4, -0.2) is 43.1 Å². The summed E-state index contributed by atoms with van der Waals surface area (Å²) in [6, 6.07) is 11.7. The molecule has 0 spiro atoms. The molecular formula is C18H23N3. The van der Waals surface area contributed by atoms with E-state index in [-0.39, 0.29) is 0 Å².